The molecule has 2 amide bonds. The van der Waals surface area contributed by atoms with Crippen molar-refractivity contribution in [3.63, 3.8) is 0 Å². The van der Waals surface area contributed by atoms with Crippen molar-refractivity contribution in [3.8, 4) is 5.75 Å². The van der Waals surface area contributed by atoms with Gasteiger partial charge in [-0.05, 0) is 44.0 Å². The Labute approximate surface area is 174 Å². The summed E-state index contributed by atoms with van der Waals surface area (Å²) in [5.41, 5.74) is 1.96. The Morgan fingerprint density at radius 1 is 1.21 bits per heavy atom. The number of methoxy groups -OCH3 is 1. The van der Waals surface area contributed by atoms with Crippen molar-refractivity contribution >= 4 is 39.1 Å². The maximum absolute atomic E-state index is 13.0. The number of hydrogen-bond donors (Lipinski definition) is 1. The number of nitrogens with one attached hydrogen (secondary N) is 1. The van der Waals surface area contributed by atoms with Gasteiger partial charge in [-0.2, -0.15) is 0 Å². The van der Waals surface area contributed by atoms with Crippen LogP contribution in [0.5, 0.6) is 5.75 Å². The first-order valence-electron chi connectivity index (χ1n) is 8.94. The second-order valence-electron chi connectivity index (χ2n) is 6.85. The lowest BCUT2D eigenvalue weighted by Gasteiger charge is -2.24. The summed E-state index contributed by atoms with van der Waals surface area (Å²) < 4.78 is 32.0. The summed E-state index contributed by atoms with van der Waals surface area (Å²) in [5, 5.41) is 3.15. The fraction of sp³-hybridized carbons (Fsp3) is 0.300. The number of rotatable bonds is 5. The lowest BCUT2D eigenvalue weighted by Crippen LogP contribution is -2.45. The Morgan fingerprint density at radius 3 is 2.48 bits per heavy atom. The topological polar surface area (TPSA) is 92.8 Å². The minimum atomic E-state index is -4.15. The van der Waals surface area contributed by atoms with E-state index in [0.29, 0.717) is 20.8 Å². The van der Waals surface area contributed by atoms with Gasteiger partial charge in [0.05, 0.1) is 17.7 Å². The standard InChI is InChI=1S/C20H21ClN2O5S/c1-12-4-6-14(7-5-12)29(26,27)23-17(8-9-19(23)24)20(25)22-16-10-13(2)15(21)11-18(16)28-3/h4-7,10-11,17H,8-9H2,1-3H3,(H,22,25). The summed E-state index contributed by atoms with van der Waals surface area (Å²) in [6.07, 6.45) is 0.0740. The average Bonchev–Trinajstić information content (AvgIpc) is 3.07. The number of anilines is 1. The average molecular weight is 437 g/mol. The van der Waals surface area contributed by atoms with Crippen molar-refractivity contribution < 1.29 is 22.7 Å². The van der Waals surface area contributed by atoms with Crippen LogP contribution in [0.1, 0.15) is 24.0 Å². The molecule has 1 fully saturated rings. The van der Waals surface area contributed by atoms with E-state index in [4.69, 9.17) is 16.3 Å². The molecule has 0 radical (unpaired) electrons. The second kappa shape index (κ2) is 8.04. The fourth-order valence-electron chi connectivity index (χ4n) is 3.17. The van der Waals surface area contributed by atoms with Crippen molar-refractivity contribution in [1.29, 1.82) is 0 Å². The number of aryl methyl sites for hydroxylation is 2. The van der Waals surface area contributed by atoms with Crippen LogP contribution in [0.25, 0.3) is 0 Å². The normalized spacial score (nSPS) is 16.8. The molecule has 1 unspecified atom stereocenters. The Hall–Kier alpha value is -2.58. The molecule has 0 bridgehead atoms. The van der Waals surface area contributed by atoms with Gasteiger partial charge in [-0.3, -0.25) is 9.59 Å². The van der Waals surface area contributed by atoms with E-state index in [-0.39, 0.29) is 17.7 Å². The molecule has 3 rings (SSSR count). The van der Waals surface area contributed by atoms with Gasteiger partial charge in [0.2, 0.25) is 11.8 Å². The number of nitrogens with zero attached hydrogens (tertiary/aromatic N) is 1. The highest BCUT2D eigenvalue weighted by Crippen LogP contribution is 2.33. The Balaban J connectivity index is 1.92. The van der Waals surface area contributed by atoms with Crippen molar-refractivity contribution in [3.05, 3.63) is 52.5 Å². The van der Waals surface area contributed by atoms with E-state index < -0.39 is 27.9 Å². The zero-order valence-electron chi connectivity index (χ0n) is 16.2. The molecule has 7 nitrogen and oxygen atoms in total. The van der Waals surface area contributed by atoms with Gasteiger partial charge >= 0.3 is 0 Å². The summed E-state index contributed by atoms with van der Waals surface area (Å²) in [4.78, 5) is 25.3. The second-order valence-corrected chi connectivity index (χ2v) is 9.08. The fourth-order valence-corrected chi connectivity index (χ4v) is 4.93. The van der Waals surface area contributed by atoms with Crippen LogP contribution < -0.4 is 10.1 Å². The van der Waals surface area contributed by atoms with Crippen LogP contribution in [-0.2, 0) is 19.6 Å². The zero-order valence-corrected chi connectivity index (χ0v) is 17.8. The highest BCUT2D eigenvalue weighted by molar-refractivity contribution is 7.89. The van der Waals surface area contributed by atoms with E-state index in [9.17, 15) is 18.0 Å². The van der Waals surface area contributed by atoms with E-state index in [1.165, 1.54) is 19.2 Å². The first kappa shape index (κ1) is 21.1. The molecule has 29 heavy (non-hydrogen) atoms. The van der Waals surface area contributed by atoms with E-state index in [0.717, 1.165) is 11.1 Å². The highest BCUT2D eigenvalue weighted by Gasteiger charge is 2.44. The van der Waals surface area contributed by atoms with Crippen LogP contribution in [0.2, 0.25) is 5.02 Å². The lowest BCUT2D eigenvalue weighted by molar-refractivity contribution is -0.128. The number of sulfonamides is 1. The zero-order chi connectivity index (χ0) is 21.3. The lowest BCUT2D eigenvalue weighted by atomic mass is 10.1. The van der Waals surface area contributed by atoms with Crippen LogP contribution in [-0.4, -0.2) is 37.7 Å². The summed E-state index contributed by atoms with van der Waals surface area (Å²) in [6.45, 7) is 3.60. The summed E-state index contributed by atoms with van der Waals surface area (Å²) in [7, 11) is -2.72. The van der Waals surface area contributed by atoms with E-state index in [1.807, 2.05) is 6.92 Å². The molecular weight excluding hydrogens is 416 g/mol. The van der Waals surface area contributed by atoms with Crippen LogP contribution in [0.4, 0.5) is 5.69 Å². The van der Waals surface area contributed by atoms with Gasteiger partial charge in [-0.15, -0.1) is 0 Å². The predicted octanol–water partition coefficient (Wildman–Crippen LogP) is 3.28. The van der Waals surface area contributed by atoms with Gasteiger partial charge < -0.3 is 10.1 Å². The molecule has 1 aliphatic rings. The number of amides is 2. The van der Waals surface area contributed by atoms with Crippen LogP contribution >= 0.6 is 11.6 Å². The van der Waals surface area contributed by atoms with Crippen LogP contribution in [0, 0.1) is 13.8 Å². The molecule has 0 aromatic heterocycles. The van der Waals surface area contributed by atoms with Gasteiger partial charge in [-0.1, -0.05) is 29.3 Å². The summed E-state index contributed by atoms with van der Waals surface area (Å²) in [6, 6.07) is 8.19. The van der Waals surface area contributed by atoms with E-state index in [2.05, 4.69) is 5.32 Å². The quantitative estimate of drug-likeness (QED) is 0.776. The van der Waals surface area contributed by atoms with Crippen molar-refractivity contribution in [1.82, 2.24) is 4.31 Å². The van der Waals surface area contributed by atoms with E-state index >= 15 is 0 Å². The number of halogens is 1. The molecule has 9 heteroatoms. The molecule has 2 aromatic carbocycles. The Morgan fingerprint density at radius 2 is 1.86 bits per heavy atom. The van der Waals surface area contributed by atoms with Gasteiger partial charge in [0.1, 0.15) is 11.8 Å². The first-order chi connectivity index (χ1) is 13.6. The van der Waals surface area contributed by atoms with Crippen molar-refractivity contribution in [2.75, 3.05) is 12.4 Å². The summed E-state index contributed by atoms with van der Waals surface area (Å²) in [5.74, 6) is -0.872. The smallest absolute Gasteiger partial charge is 0.267 e. The predicted molar refractivity (Wildman–Crippen MR) is 110 cm³/mol. The monoisotopic (exact) mass is 436 g/mol. The molecule has 0 spiro atoms. The van der Waals surface area contributed by atoms with Crippen molar-refractivity contribution in [2.24, 2.45) is 0 Å². The minimum Gasteiger partial charge on any atom is -0.495 e. The van der Waals surface area contributed by atoms with Gasteiger partial charge in [-0.25, -0.2) is 12.7 Å². The SMILES string of the molecule is COc1cc(Cl)c(C)cc1NC(=O)C1CCC(=O)N1S(=O)(=O)c1ccc(C)cc1. The molecule has 1 saturated heterocycles. The van der Waals surface area contributed by atoms with Gasteiger partial charge in [0.15, 0.2) is 0 Å². The maximum Gasteiger partial charge on any atom is 0.267 e. The molecule has 1 N–H and O–H groups in total. The van der Waals surface area contributed by atoms with E-state index in [1.54, 1.807) is 31.2 Å². The largest absolute Gasteiger partial charge is 0.495 e. The molecule has 2 aromatic rings. The number of carbonyl (C=O) groups is 2. The van der Waals surface area contributed by atoms with Crippen LogP contribution in [0.3, 0.4) is 0 Å². The molecule has 1 atom stereocenters. The number of hydrogen-bond acceptors (Lipinski definition) is 5. The minimum absolute atomic E-state index is 0.0278. The molecule has 0 aliphatic carbocycles. The number of benzene rings is 2. The Bertz CT molecular complexity index is 1070. The number of carbonyl (C=O) groups excluding carboxylic acids is 2. The third-order valence-electron chi connectivity index (χ3n) is 4.78. The third-order valence-corrected chi connectivity index (χ3v) is 7.03. The highest BCUT2D eigenvalue weighted by atomic mass is 35.5. The number of ether oxygens (including phenoxy) is 1. The molecule has 154 valence electrons. The third kappa shape index (κ3) is 4.09. The maximum atomic E-state index is 13.0. The van der Waals surface area contributed by atoms with Crippen molar-refractivity contribution in [2.45, 2.75) is 37.6 Å². The molecule has 1 heterocycles. The summed E-state index contributed by atoms with van der Waals surface area (Å²) >= 11 is 6.08. The molecule has 1 aliphatic heterocycles. The van der Waals surface area contributed by atoms with Gasteiger partial charge in [0, 0.05) is 17.5 Å². The molecule has 0 saturated carbocycles. The van der Waals surface area contributed by atoms with Gasteiger partial charge in [0.25, 0.3) is 10.0 Å². The van der Waals surface area contributed by atoms with Crippen LogP contribution in [0.15, 0.2) is 41.3 Å². The first-order valence-corrected chi connectivity index (χ1v) is 10.8. The molecular formula is C20H21ClN2O5S. The Kier molecular flexibility index (Phi) is 5.86.